The van der Waals surface area contributed by atoms with Crippen molar-refractivity contribution in [2.75, 3.05) is 0 Å². The molecule has 0 aliphatic rings. The van der Waals surface area contributed by atoms with E-state index in [1.807, 2.05) is 48.5 Å². The second-order valence-electron chi connectivity index (χ2n) is 17.6. The first kappa shape index (κ1) is 38.8. The summed E-state index contributed by atoms with van der Waals surface area (Å²) in [7, 11) is 0. The average Bonchev–Trinajstić information content (AvgIpc) is 4.08. The first-order valence-corrected chi connectivity index (χ1v) is 23.3. The average molecular weight is 882 g/mol. The van der Waals surface area contributed by atoms with Crippen LogP contribution in [-0.2, 0) is 0 Å². The van der Waals surface area contributed by atoms with Gasteiger partial charge in [-0.2, -0.15) is 0 Å². The maximum atomic E-state index is 7.00. The Bertz CT molecular complexity index is 4270. The lowest BCUT2D eigenvalue weighted by Crippen LogP contribution is -2.01. The summed E-state index contributed by atoms with van der Waals surface area (Å²) in [6.45, 7) is 0. The Hall–Kier alpha value is -9.39. The monoisotopic (exact) mass is 881 g/mol. The van der Waals surface area contributed by atoms with Gasteiger partial charge >= 0.3 is 0 Å². The van der Waals surface area contributed by atoms with Crippen LogP contribution < -0.4 is 0 Å². The Kier molecular flexibility index (Phi) is 8.79. The van der Waals surface area contributed by atoms with Crippen LogP contribution in [0.3, 0.4) is 0 Å². The van der Waals surface area contributed by atoms with E-state index in [2.05, 4.69) is 197 Å². The molecule has 0 amide bonds. The highest BCUT2D eigenvalue weighted by Gasteiger charge is 2.25. The standard InChI is InChI=1S/C63H39N5O/c1-5-17-40(18-6-1)42-29-31-44(32-30-42)62-64-61(43-21-9-3-10-22-43)65-63(66-62)49-34-36-55(59-48-26-14-16-28-58(48)69-60(49)59)68-54-35-33-45(41-19-7-2-8-20-41)37-50(54)52-38-51-47-25-13-15-27-53(47)67(56(51)39-57(52)68)46-23-11-4-12-24-46/h1-39H. The Balaban J connectivity index is 1.04. The van der Waals surface area contributed by atoms with Crippen LogP contribution in [0.2, 0.25) is 0 Å². The molecule has 0 bridgehead atoms. The highest BCUT2D eigenvalue weighted by molar-refractivity contribution is 6.21. The smallest absolute Gasteiger partial charge is 0.167 e. The molecule has 4 heterocycles. The molecule has 0 fully saturated rings. The summed E-state index contributed by atoms with van der Waals surface area (Å²) in [6, 6.07) is 83.4. The van der Waals surface area contributed by atoms with Gasteiger partial charge in [0.05, 0.1) is 38.7 Å². The number of hydrogen-bond donors (Lipinski definition) is 0. The van der Waals surface area contributed by atoms with Crippen molar-refractivity contribution in [2.45, 2.75) is 0 Å². The quantitative estimate of drug-likeness (QED) is 0.160. The van der Waals surface area contributed by atoms with Crippen molar-refractivity contribution in [3.63, 3.8) is 0 Å². The molecule has 14 rings (SSSR count). The third-order valence-corrected chi connectivity index (χ3v) is 13.6. The molecule has 0 unspecified atom stereocenters. The molecule has 10 aromatic carbocycles. The van der Waals surface area contributed by atoms with Crippen molar-refractivity contribution in [1.29, 1.82) is 0 Å². The molecule has 0 atom stereocenters. The number of hydrogen-bond acceptors (Lipinski definition) is 4. The minimum absolute atomic E-state index is 0.533. The van der Waals surface area contributed by atoms with E-state index < -0.39 is 0 Å². The molecule has 322 valence electrons. The summed E-state index contributed by atoms with van der Waals surface area (Å²) >= 11 is 0. The van der Waals surface area contributed by atoms with Gasteiger partial charge < -0.3 is 13.6 Å². The zero-order valence-electron chi connectivity index (χ0n) is 37.2. The van der Waals surface area contributed by atoms with Gasteiger partial charge in [-0.05, 0) is 82.9 Å². The van der Waals surface area contributed by atoms with Crippen molar-refractivity contribution in [1.82, 2.24) is 24.1 Å². The van der Waals surface area contributed by atoms with Gasteiger partial charge in [0.15, 0.2) is 17.5 Å². The van der Waals surface area contributed by atoms with Gasteiger partial charge in [-0.15, -0.1) is 0 Å². The lowest BCUT2D eigenvalue weighted by atomic mass is 10.0. The molecule has 6 heteroatoms. The summed E-state index contributed by atoms with van der Waals surface area (Å²) in [4.78, 5) is 15.6. The zero-order chi connectivity index (χ0) is 45.4. The van der Waals surface area contributed by atoms with E-state index in [0.717, 1.165) is 77.7 Å². The predicted molar refractivity (Wildman–Crippen MR) is 283 cm³/mol. The van der Waals surface area contributed by atoms with Gasteiger partial charge in [0.1, 0.15) is 11.2 Å². The molecule has 4 aromatic heterocycles. The Labute approximate surface area is 396 Å². The van der Waals surface area contributed by atoms with Crippen molar-refractivity contribution in [3.05, 3.63) is 237 Å². The number of para-hydroxylation sites is 3. The molecule has 0 aliphatic carbocycles. The maximum Gasteiger partial charge on any atom is 0.167 e. The fourth-order valence-electron chi connectivity index (χ4n) is 10.4. The Morgan fingerprint density at radius 3 is 1.52 bits per heavy atom. The SMILES string of the molecule is c1ccc(-c2ccc(-c3nc(-c4ccccc4)nc(-c4ccc(-n5c6ccc(-c7ccccc7)cc6c6cc7c8ccccc8n(-c8ccccc8)c7cc65)c5c4oc4ccccc45)n3)cc2)cc1. The number of furan rings is 1. The number of nitrogens with zero attached hydrogens (tertiary/aromatic N) is 5. The Morgan fingerprint density at radius 2 is 0.797 bits per heavy atom. The van der Waals surface area contributed by atoms with Crippen molar-refractivity contribution >= 4 is 65.6 Å². The van der Waals surface area contributed by atoms with Crippen LogP contribution in [-0.4, -0.2) is 24.1 Å². The van der Waals surface area contributed by atoms with Crippen LogP contribution in [0, 0.1) is 0 Å². The van der Waals surface area contributed by atoms with Crippen LogP contribution in [0.15, 0.2) is 241 Å². The molecule has 0 aliphatic heterocycles. The van der Waals surface area contributed by atoms with Crippen LogP contribution >= 0.6 is 0 Å². The van der Waals surface area contributed by atoms with E-state index in [1.165, 1.54) is 32.6 Å². The van der Waals surface area contributed by atoms with Crippen molar-refractivity contribution < 1.29 is 4.42 Å². The fraction of sp³-hybridized carbons (Fsp3) is 0. The molecule has 0 spiro atoms. The minimum Gasteiger partial charge on any atom is -0.455 e. The summed E-state index contributed by atoms with van der Waals surface area (Å²) in [5.74, 6) is 1.71. The van der Waals surface area contributed by atoms with Gasteiger partial charge in [-0.25, -0.2) is 15.0 Å². The van der Waals surface area contributed by atoms with Gasteiger partial charge in [0, 0.05) is 43.7 Å². The van der Waals surface area contributed by atoms with Gasteiger partial charge in [0.25, 0.3) is 0 Å². The van der Waals surface area contributed by atoms with Crippen LogP contribution in [0.1, 0.15) is 0 Å². The summed E-state index contributed by atoms with van der Waals surface area (Å²) in [5.41, 5.74) is 15.3. The topological polar surface area (TPSA) is 61.7 Å². The first-order valence-electron chi connectivity index (χ1n) is 23.3. The van der Waals surface area contributed by atoms with Crippen LogP contribution in [0.5, 0.6) is 0 Å². The number of fused-ring (bicyclic) bond motifs is 9. The van der Waals surface area contributed by atoms with Gasteiger partial charge in [0.2, 0.25) is 0 Å². The summed E-state index contributed by atoms with van der Waals surface area (Å²) in [5, 5.41) is 6.74. The molecule has 0 saturated heterocycles. The van der Waals surface area contributed by atoms with E-state index in [4.69, 9.17) is 19.4 Å². The predicted octanol–water partition coefficient (Wildman–Crippen LogP) is 16.3. The summed E-state index contributed by atoms with van der Waals surface area (Å²) < 4.78 is 11.8. The minimum atomic E-state index is 0.533. The Morgan fingerprint density at radius 1 is 0.304 bits per heavy atom. The normalized spacial score (nSPS) is 11.8. The van der Waals surface area contributed by atoms with E-state index in [1.54, 1.807) is 0 Å². The van der Waals surface area contributed by atoms with Gasteiger partial charge in [-0.1, -0.05) is 176 Å². The zero-order valence-corrected chi connectivity index (χ0v) is 37.2. The molecular formula is C63H39N5O. The molecular weight excluding hydrogens is 843 g/mol. The van der Waals surface area contributed by atoms with E-state index in [-0.39, 0.29) is 0 Å². The van der Waals surface area contributed by atoms with E-state index in [9.17, 15) is 0 Å². The molecule has 69 heavy (non-hydrogen) atoms. The molecule has 6 nitrogen and oxygen atoms in total. The second-order valence-corrected chi connectivity index (χ2v) is 17.6. The number of aromatic nitrogens is 5. The van der Waals surface area contributed by atoms with Crippen LogP contribution in [0.4, 0.5) is 0 Å². The lowest BCUT2D eigenvalue weighted by Gasteiger charge is -2.13. The molecule has 0 saturated carbocycles. The molecule has 0 N–H and O–H groups in total. The summed E-state index contributed by atoms with van der Waals surface area (Å²) in [6.07, 6.45) is 0. The lowest BCUT2D eigenvalue weighted by molar-refractivity contribution is 0.669. The van der Waals surface area contributed by atoms with Crippen molar-refractivity contribution in [2.24, 2.45) is 0 Å². The van der Waals surface area contributed by atoms with Gasteiger partial charge in [-0.3, -0.25) is 0 Å². The molecule has 0 radical (unpaired) electrons. The maximum absolute atomic E-state index is 7.00. The van der Waals surface area contributed by atoms with Crippen LogP contribution in [0.25, 0.3) is 133 Å². The van der Waals surface area contributed by atoms with Crippen molar-refractivity contribution in [3.8, 4) is 67.8 Å². The van der Waals surface area contributed by atoms with E-state index in [0.29, 0.717) is 23.1 Å². The molecule has 14 aromatic rings. The van der Waals surface area contributed by atoms with E-state index >= 15 is 0 Å². The number of rotatable bonds is 7. The fourth-order valence-corrected chi connectivity index (χ4v) is 10.4. The highest BCUT2D eigenvalue weighted by atomic mass is 16.3. The highest BCUT2D eigenvalue weighted by Crippen LogP contribution is 2.45. The third-order valence-electron chi connectivity index (χ3n) is 13.6. The second kappa shape index (κ2) is 15.6. The largest absolute Gasteiger partial charge is 0.455 e. The first-order chi connectivity index (χ1) is 34.2. The third kappa shape index (κ3) is 6.30. The number of benzene rings is 10.